The number of aliphatic carboxylic acids is 1. The van der Waals surface area contributed by atoms with Crippen molar-refractivity contribution in [1.29, 1.82) is 0 Å². The lowest BCUT2D eigenvalue weighted by atomic mass is 10.0. The molecule has 7 nitrogen and oxygen atoms in total. The Labute approximate surface area is 211 Å². The van der Waals surface area contributed by atoms with Crippen molar-refractivity contribution in [3.63, 3.8) is 0 Å². The van der Waals surface area contributed by atoms with Gasteiger partial charge in [0, 0.05) is 29.8 Å². The summed E-state index contributed by atoms with van der Waals surface area (Å²) in [4.78, 5) is 24.1. The number of anilines is 2. The highest BCUT2D eigenvalue weighted by molar-refractivity contribution is 5.93. The maximum Gasteiger partial charge on any atom is 0.389 e. The first-order valence-electron chi connectivity index (χ1n) is 11.2. The number of ether oxygens (including phenoxy) is 2. The predicted octanol–water partition coefficient (Wildman–Crippen LogP) is 5.50. The fraction of sp³-hybridized carbons (Fsp3) is 0.185. The second-order valence-electron chi connectivity index (χ2n) is 8.16. The van der Waals surface area contributed by atoms with E-state index in [0.29, 0.717) is 28.3 Å². The number of benzene rings is 3. The lowest BCUT2D eigenvalue weighted by Gasteiger charge is -2.09. The minimum atomic E-state index is -4.23. The average molecular weight is 515 g/mol. The third-order valence-electron chi connectivity index (χ3n) is 5.22. The van der Waals surface area contributed by atoms with Crippen molar-refractivity contribution in [3.8, 4) is 11.5 Å². The molecule has 0 aliphatic heterocycles. The number of hydrogen-bond donors (Lipinski definition) is 3. The number of nitrogen functional groups attached to an aromatic ring is 2. The van der Waals surface area contributed by atoms with Gasteiger partial charge in [0.2, 0.25) is 0 Å². The summed E-state index contributed by atoms with van der Waals surface area (Å²) in [7, 11) is 0. The molecule has 0 saturated carbocycles. The smallest absolute Gasteiger partial charge is 0.389 e. The largest absolute Gasteiger partial charge is 0.494 e. The van der Waals surface area contributed by atoms with Crippen molar-refractivity contribution < 1.29 is 37.3 Å². The fourth-order valence-electron chi connectivity index (χ4n) is 3.32. The lowest BCUT2D eigenvalue weighted by molar-refractivity contribution is -0.136. The Morgan fingerprint density at radius 1 is 0.919 bits per heavy atom. The molecule has 37 heavy (non-hydrogen) atoms. The SMILES string of the molecule is Nc1ccc(CC(=Cc2ccc(OC(=O)c3ccc(OCCCC(F)(F)F)cc3)cc2)C(=O)O)c(N)c1. The highest BCUT2D eigenvalue weighted by Crippen LogP contribution is 2.23. The van der Waals surface area contributed by atoms with Crippen molar-refractivity contribution in [3.05, 3.63) is 89.0 Å². The number of carboxylic acid groups (broad SMARTS) is 1. The monoisotopic (exact) mass is 514 g/mol. The molecule has 0 aromatic heterocycles. The molecule has 0 fully saturated rings. The molecule has 3 aromatic carbocycles. The Kier molecular flexibility index (Phi) is 8.78. The lowest BCUT2D eigenvalue weighted by Crippen LogP contribution is -2.10. The van der Waals surface area contributed by atoms with E-state index in [0.717, 1.165) is 0 Å². The first-order chi connectivity index (χ1) is 17.5. The number of alkyl halides is 3. The van der Waals surface area contributed by atoms with Crippen LogP contribution in [0.3, 0.4) is 0 Å². The van der Waals surface area contributed by atoms with E-state index < -0.39 is 24.5 Å². The molecule has 10 heteroatoms. The van der Waals surface area contributed by atoms with Gasteiger partial charge in [-0.2, -0.15) is 13.2 Å². The molecule has 194 valence electrons. The van der Waals surface area contributed by atoms with E-state index in [9.17, 15) is 27.9 Å². The van der Waals surface area contributed by atoms with E-state index in [2.05, 4.69) is 0 Å². The standard InChI is InChI=1S/C27H25F3N2O5/c28-27(29,30)12-1-13-36-22-10-5-18(6-11-22)26(35)37-23-8-2-17(3-9-23)14-20(25(33)34)15-19-4-7-21(31)16-24(19)32/h2-11,14,16H,1,12-13,15,31-32H2,(H,33,34). The Bertz CT molecular complexity index is 1270. The topological polar surface area (TPSA) is 125 Å². The first-order valence-corrected chi connectivity index (χ1v) is 11.2. The van der Waals surface area contributed by atoms with Crippen LogP contribution in [-0.4, -0.2) is 29.8 Å². The first kappa shape index (κ1) is 27.1. The molecule has 0 heterocycles. The fourth-order valence-corrected chi connectivity index (χ4v) is 3.32. The maximum absolute atomic E-state index is 12.4. The van der Waals surface area contributed by atoms with E-state index in [-0.39, 0.29) is 36.3 Å². The number of esters is 1. The molecule has 0 atom stereocenters. The summed E-state index contributed by atoms with van der Waals surface area (Å²) in [5, 5.41) is 9.60. The molecule has 0 spiro atoms. The molecule has 0 radical (unpaired) electrons. The maximum atomic E-state index is 12.4. The van der Waals surface area contributed by atoms with Gasteiger partial charge in [0.1, 0.15) is 11.5 Å². The van der Waals surface area contributed by atoms with Crippen molar-refractivity contribution >= 4 is 29.4 Å². The minimum Gasteiger partial charge on any atom is -0.494 e. The van der Waals surface area contributed by atoms with Crippen LogP contribution in [-0.2, 0) is 11.2 Å². The number of carboxylic acids is 1. The summed E-state index contributed by atoms with van der Waals surface area (Å²) in [6.07, 6.45) is -3.73. The molecular formula is C27H25F3N2O5. The van der Waals surface area contributed by atoms with E-state index >= 15 is 0 Å². The summed E-state index contributed by atoms with van der Waals surface area (Å²) in [5.74, 6) is -1.16. The molecule has 5 N–H and O–H groups in total. The van der Waals surface area contributed by atoms with Crippen molar-refractivity contribution in [2.24, 2.45) is 0 Å². The third-order valence-corrected chi connectivity index (χ3v) is 5.22. The van der Waals surface area contributed by atoms with Gasteiger partial charge < -0.3 is 26.0 Å². The van der Waals surface area contributed by atoms with E-state index in [1.807, 2.05) is 0 Å². The van der Waals surface area contributed by atoms with Gasteiger partial charge in [-0.25, -0.2) is 9.59 Å². The summed E-state index contributed by atoms with van der Waals surface area (Å²) in [6, 6.07) is 17.0. The second kappa shape index (κ2) is 12.0. The molecule has 0 amide bonds. The Hall–Kier alpha value is -4.47. The molecule has 0 bridgehead atoms. The van der Waals surface area contributed by atoms with E-state index in [1.165, 1.54) is 42.5 Å². The van der Waals surface area contributed by atoms with Gasteiger partial charge in [-0.05, 0) is 72.2 Å². The molecule has 3 rings (SSSR count). The summed E-state index contributed by atoms with van der Waals surface area (Å²) in [5.41, 5.74) is 14.0. The second-order valence-corrected chi connectivity index (χ2v) is 8.16. The van der Waals surface area contributed by atoms with Crippen LogP contribution in [0.5, 0.6) is 11.5 Å². The number of rotatable bonds is 10. The van der Waals surface area contributed by atoms with Crippen LogP contribution in [0.2, 0.25) is 0 Å². The average Bonchev–Trinajstić information content (AvgIpc) is 2.83. The van der Waals surface area contributed by atoms with Gasteiger partial charge in [-0.15, -0.1) is 0 Å². The number of carbonyl (C=O) groups excluding carboxylic acids is 1. The van der Waals surface area contributed by atoms with E-state index in [4.69, 9.17) is 20.9 Å². The quantitative estimate of drug-likeness (QED) is 0.107. The van der Waals surface area contributed by atoms with Gasteiger partial charge in [-0.3, -0.25) is 0 Å². The Morgan fingerprint density at radius 2 is 1.57 bits per heavy atom. The van der Waals surface area contributed by atoms with E-state index in [1.54, 1.807) is 30.3 Å². The molecule has 3 aromatic rings. The molecule has 0 unspecified atom stereocenters. The number of nitrogens with two attached hydrogens (primary N) is 2. The normalized spacial score (nSPS) is 11.7. The van der Waals surface area contributed by atoms with Crippen molar-refractivity contribution in [1.82, 2.24) is 0 Å². The summed E-state index contributed by atoms with van der Waals surface area (Å²) in [6.45, 7) is -0.0962. The van der Waals surface area contributed by atoms with Crippen LogP contribution in [0.25, 0.3) is 6.08 Å². The Balaban J connectivity index is 1.59. The highest BCUT2D eigenvalue weighted by atomic mass is 19.4. The molecular weight excluding hydrogens is 489 g/mol. The number of halogens is 3. The van der Waals surface area contributed by atoms with Crippen LogP contribution in [0.1, 0.15) is 34.3 Å². The van der Waals surface area contributed by atoms with Gasteiger partial charge in [0.05, 0.1) is 12.2 Å². The zero-order valence-corrected chi connectivity index (χ0v) is 19.6. The zero-order chi connectivity index (χ0) is 27.0. The van der Waals surface area contributed by atoms with Gasteiger partial charge in [0.15, 0.2) is 0 Å². The summed E-state index contributed by atoms with van der Waals surface area (Å²) >= 11 is 0. The van der Waals surface area contributed by atoms with Gasteiger partial charge in [-0.1, -0.05) is 18.2 Å². The zero-order valence-electron chi connectivity index (χ0n) is 19.6. The number of carbonyl (C=O) groups is 2. The Morgan fingerprint density at radius 3 is 2.16 bits per heavy atom. The van der Waals surface area contributed by atoms with Crippen LogP contribution < -0.4 is 20.9 Å². The summed E-state index contributed by atoms with van der Waals surface area (Å²) < 4.78 is 47.1. The van der Waals surface area contributed by atoms with Crippen molar-refractivity contribution in [2.75, 3.05) is 18.1 Å². The number of hydrogen-bond acceptors (Lipinski definition) is 6. The highest BCUT2D eigenvalue weighted by Gasteiger charge is 2.26. The van der Waals surface area contributed by atoms with Gasteiger partial charge in [0.25, 0.3) is 0 Å². The van der Waals surface area contributed by atoms with Crippen molar-refractivity contribution in [2.45, 2.75) is 25.4 Å². The van der Waals surface area contributed by atoms with Crippen LogP contribution in [0.4, 0.5) is 24.5 Å². The minimum absolute atomic E-state index is 0.0962. The van der Waals surface area contributed by atoms with Crippen LogP contribution in [0, 0.1) is 0 Å². The third kappa shape index (κ3) is 8.60. The molecule has 0 saturated heterocycles. The van der Waals surface area contributed by atoms with Gasteiger partial charge >= 0.3 is 18.1 Å². The molecule has 0 aliphatic rings. The van der Waals surface area contributed by atoms with Crippen LogP contribution in [0.15, 0.2) is 72.3 Å². The predicted molar refractivity (Wildman–Crippen MR) is 133 cm³/mol. The molecule has 0 aliphatic carbocycles. The van der Waals surface area contributed by atoms with Crippen LogP contribution >= 0.6 is 0 Å².